The van der Waals surface area contributed by atoms with Gasteiger partial charge in [0.15, 0.2) is 0 Å². The van der Waals surface area contributed by atoms with E-state index in [1.54, 1.807) is 6.07 Å². The molecule has 1 N–H and O–H groups in total. The van der Waals surface area contributed by atoms with Gasteiger partial charge in [-0.25, -0.2) is 4.39 Å². The normalized spacial score (nSPS) is 12.7. The average Bonchev–Trinajstić information content (AvgIpc) is 2.33. The van der Waals surface area contributed by atoms with E-state index in [1.807, 2.05) is 6.92 Å². The summed E-state index contributed by atoms with van der Waals surface area (Å²) < 4.78 is 14.6. The fourth-order valence-corrected chi connectivity index (χ4v) is 2.50. The number of benzene rings is 1. The maximum Gasteiger partial charge on any atom is 0.129 e. The molecule has 0 aliphatic rings. The molecule has 0 aromatic heterocycles. The monoisotopic (exact) mass is 335 g/mol. The lowest BCUT2D eigenvalue weighted by Crippen LogP contribution is -2.22. The van der Waals surface area contributed by atoms with E-state index in [1.165, 1.54) is 18.9 Å². The van der Waals surface area contributed by atoms with Crippen LogP contribution in [0.5, 0.6) is 0 Å². The molecule has 1 nitrogen and oxygen atoms in total. The Morgan fingerprint density at radius 1 is 1.33 bits per heavy atom. The molecule has 1 aromatic carbocycles. The molecule has 4 heteroatoms. The van der Waals surface area contributed by atoms with Crippen LogP contribution >= 0.6 is 27.5 Å². The fraction of sp³-hybridized carbons (Fsp3) is 0.571. The van der Waals surface area contributed by atoms with Gasteiger partial charge in [-0.3, -0.25) is 0 Å². The van der Waals surface area contributed by atoms with Gasteiger partial charge in [0.05, 0.1) is 5.02 Å². The largest absolute Gasteiger partial charge is 0.310 e. The van der Waals surface area contributed by atoms with Crippen LogP contribution in [0.2, 0.25) is 5.02 Å². The van der Waals surface area contributed by atoms with Crippen LogP contribution in [0.4, 0.5) is 4.39 Å². The summed E-state index contributed by atoms with van der Waals surface area (Å²) in [6.45, 7) is 5.02. The van der Waals surface area contributed by atoms with Gasteiger partial charge in [-0.05, 0) is 41.0 Å². The van der Waals surface area contributed by atoms with Crippen molar-refractivity contribution in [3.05, 3.63) is 33.0 Å². The Bertz CT molecular complexity index is 384. The number of nitrogens with one attached hydrogen (secondary N) is 1. The molecular weight excluding hydrogens is 317 g/mol. The van der Waals surface area contributed by atoms with Gasteiger partial charge in [-0.1, -0.05) is 44.7 Å². The maximum absolute atomic E-state index is 14.0. The van der Waals surface area contributed by atoms with Gasteiger partial charge in [0.1, 0.15) is 5.82 Å². The Labute approximate surface area is 122 Å². The first-order chi connectivity index (χ1) is 8.60. The molecule has 1 unspecified atom stereocenters. The zero-order chi connectivity index (χ0) is 13.5. The SMILES string of the molecule is CCCCCC(NCC)c1cc(Cl)c(Br)cc1F. The lowest BCUT2D eigenvalue weighted by Gasteiger charge is -2.19. The van der Waals surface area contributed by atoms with Crippen molar-refractivity contribution in [1.29, 1.82) is 0 Å². The lowest BCUT2D eigenvalue weighted by molar-refractivity contribution is 0.464. The second kappa shape index (κ2) is 8.13. The van der Waals surface area contributed by atoms with Crippen LogP contribution in [0.15, 0.2) is 16.6 Å². The molecule has 0 aliphatic heterocycles. The summed E-state index contributed by atoms with van der Waals surface area (Å²) >= 11 is 9.29. The van der Waals surface area contributed by atoms with E-state index in [4.69, 9.17) is 11.6 Å². The predicted molar refractivity (Wildman–Crippen MR) is 79.7 cm³/mol. The minimum atomic E-state index is -0.200. The van der Waals surface area contributed by atoms with E-state index >= 15 is 0 Å². The Kier molecular flexibility index (Phi) is 7.20. The molecule has 0 aliphatic carbocycles. The molecule has 18 heavy (non-hydrogen) atoms. The maximum atomic E-state index is 14.0. The Hall–Kier alpha value is -0.120. The Balaban J connectivity index is 2.87. The number of rotatable bonds is 7. The lowest BCUT2D eigenvalue weighted by atomic mass is 10.00. The highest BCUT2D eigenvalue weighted by atomic mass is 79.9. The first kappa shape index (κ1) is 15.9. The van der Waals surface area contributed by atoms with Crippen molar-refractivity contribution in [3.63, 3.8) is 0 Å². The van der Waals surface area contributed by atoms with Crippen molar-refractivity contribution >= 4 is 27.5 Å². The molecule has 0 bridgehead atoms. The van der Waals surface area contributed by atoms with Crippen LogP contribution < -0.4 is 5.32 Å². The zero-order valence-corrected chi connectivity index (χ0v) is 13.2. The molecule has 0 saturated heterocycles. The van der Waals surface area contributed by atoms with Gasteiger partial charge < -0.3 is 5.32 Å². The van der Waals surface area contributed by atoms with Crippen molar-refractivity contribution in [2.75, 3.05) is 6.54 Å². The minimum absolute atomic E-state index is 0.0483. The van der Waals surface area contributed by atoms with E-state index in [0.717, 1.165) is 19.4 Å². The van der Waals surface area contributed by atoms with E-state index in [0.29, 0.717) is 15.1 Å². The van der Waals surface area contributed by atoms with Gasteiger partial charge in [0.25, 0.3) is 0 Å². The van der Waals surface area contributed by atoms with Crippen molar-refractivity contribution < 1.29 is 4.39 Å². The van der Waals surface area contributed by atoms with Gasteiger partial charge in [0, 0.05) is 16.1 Å². The summed E-state index contributed by atoms with van der Waals surface area (Å²) in [4.78, 5) is 0. The van der Waals surface area contributed by atoms with Crippen molar-refractivity contribution in [2.45, 2.75) is 45.6 Å². The predicted octanol–water partition coefficient (Wildman–Crippen LogP) is 5.47. The third-order valence-electron chi connectivity index (χ3n) is 2.96. The summed E-state index contributed by atoms with van der Waals surface area (Å²) in [5.74, 6) is -0.200. The number of hydrogen-bond acceptors (Lipinski definition) is 1. The first-order valence-electron chi connectivity index (χ1n) is 6.48. The first-order valence-corrected chi connectivity index (χ1v) is 7.65. The smallest absolute Gasteiger partial charge is 0.129 e. The average molecular weight is 337 g/mol. The molecule has 0 saturated carbocycles. The molecule has 102 valence electrons. The molecule has 1 aromatic rings. The van der Waals surface area contributed by atoms with E-state index < -0.39 is 0 Å². The van der Waals surface area contributed by atoms with Crippen LogP contribution in [-0.2, 0) is 0 Å². The molecular formula is C14H20BrClFN. The highest BCUT2D eigenvalue weighted by molar-refractivity contribution is 9.10. The van der Waals surface area contributed by atoms with Gasteiger partial charge >= 0.3 is 0 Å². The third kappa shape index (κ3) is 4.52. The second-order valence-electron chi connectivity index (χ2n) is 4.39. The Morgan fingerprint density at radius 2 is 2.06 bits per heavy atom. The van der Waals surface area contributed by atoms with E-state index in [-0.39, 0.29) is 11.9 Å². The van der Waals surface area contributed by atoms with Crippen molar-refractivity contribution in [3.8, 4) is 0 Å². The van der Waals surface area contributed by atoms with Gasteiger partial charge in [0.2, 0.25) is 0 Å². The summed E-state index contributed by atoms with van der Waals surface area (Å²) in [5, 5.41) is 3.89. The summed E-state index contributed by atoms with van der Waals surface area (Å²) in [6.07, 6.45) is 4.38. The van der Waals surface area contributed by atoms with E-state index in [2.05, 4.69) is 28.2 Å². The molecule has 0 amide bonds. The molecule has 1 rings (SSSR count). The summed E-state index contributed by atoms with van der Waals surface area (Å²) in [5.41, 5.74) is 0.668. The zero-order valence-electron chi connectivity index (χ0n) is 10.9. The van der Waals surface area contributed by atoms with E-state index in [9.17, 15) is 4.39 Å². The highest BCUT2D eigenvalue weighted by Gasteiger charge is 2.16. The second-order valence-corrected chi connectivity index (χ2v) is 5.66. The highest BCUT2D eigenvalue weighted by Crippen LogP contribution is 2.30. The van der Waals surface area contributed by atoms with Crippen molar-refractivity contribution in [1.82, 2.24) is 5.32 Å². The van der Waals surface area contributed by atoms with Crippen LogP contribution in [0.25, 0.3) is 0 Å². The van der Waals surface area contributed by atoms with Crippen LogP contribution in [0.3, 0.4) is 0 Å². The molecule has 0 fully saturated rings. The quantitative estimate of drug-likeness (QED) is 0.514. The molecule has 1 atom stereocenters. The standard InChI is InChI=1S/C14H20BrClFN/c1-3-5-6-7-14(18-4-2)10-8-12(16)11(15)9-13(10)17/h8-9,14,18H,3-7H2,1-2H3. The third-order valence-corrected chi connectivity index (χ3v) is 4.16. The fourth-order valence-electron chi connectivity index (χ4n) is 2.02. The summed E-state index contributed by atoms with van der Waals surface area (Å²) in [6, 6.07) is 3.22. The van der Waals surface area contributed by atoms with Gasteiger partial charge in [-0.2, -0.15) is 0 Å². The van der Waals surface area contributed by atoms with Crippen LogP contribution in [0.1, 0.15) is 51.1 Å². The van der Waals surface area contributed by atoms with Gasteiger partial charge in [-0.15, -0.1) is 0 Å². The number of hydrogen-bond donors (Lipinski definition) is 1. The minimum Gasteiger partial charge on any atom is -0.310 e. The van der Waals surface area contributed by atoms with Crippen molar-refractivity contribution in [2.24, 2.45) is 0 Å². The number of unbranched alkanes of at least 4 members (excludes halogenated alkanes) is 2. The molecule has 0 spiro atoms. The molecule has 0 radical (unpaired) electrons. The molecule has 0 heterocycles. The number of halogens is 3. The summed E-state index contributed by atoms with van der Waals surface area (Å²) in [7, 11) is 0. The van der Waals surface area contributed by atoms with Crippen LogP contribution in [0, 0.1) is 5.82 Å². The topological polar surface area (TPSA) is 12.0 Å². The Morgan fingerprint density at radius 3 is 2.67 bits per heavy atom. The van der Waals surface area contributed by atoms with Crippen LogP contribution in [-0.4, -0.2) is 6.54 Å².